The first kappa shape index (κ1) is 14.2. The van der Waals surface area contributed by atoms with Gasteiger partial charge in [-0.3, -0.25) is 10.1 Å². The van der Waals surface area contributed by atoms with Gasteiger partial charge < -0.3 is 10.1 Å². The number of benzene rings is 1. The van der Waals surface area contributed by atoms with Crippen molar-refractivity contribution in [1.29, 1.82) is 0 Å². The molecule has 1 aliphatic rings. The van der Waals surface area contributed by atoms with Gasteiger partial charge in [0.15, 0.2) is 0 Å². The van der Waals surface area contributed by atoms with Crippen LogP contribution < -0.4 is 5.32 Å². The van der Waals surface area contributed by atoms with Crippen LogP contribution in [0.25, 0.3) is 0 Å². The van der Waals surface area contributed by atoms with E-state index in [0.717, 1.165) is 25.9 Å². The van der Waals surface area contributed by atoms with Crippen LogP contribution in [0, 0.1) is 16.0 Å². The fourth-order valence-electron chi connectivity index (χ4n) is 2.25. The summed E-state index contributed by atoms with van der Waals surface area (Å²) in [6.07, 6.45) is 2.30. The standard InChI is InChI=1S/C13H17ClN2O3/c14-12-3-4-13(16(17)18)11(6-12)9-19-8-10-2-1-5-15-7-10/h3-4,6,10,15H,1-2,5,7-9H2. The van der Waals surface area contributed by atoms with Gasteiger partial charge in [0.1, 0.15) is 0 Å². The maximum Gasteiger partial charge on any atom is 0.275 e. The summed E-state index contributed by atoms with van der Waals surface area (Å²) < 4.78 is 5.60. The molecule has 2 rings (SSSR count). The molecule has 1 N–H and O–H groups in total. The average Bonchev–Trinajstić information content (AvgIpc) is 2.39. The zero-order chi connectivity index (χ0) is 13.7. The number of hydrogen-bond donors (Lipinski definition) is 1. The third-order valence-corrected chi connectivity index (χ3v) is 3.48. The predicted molar refractivity (Wildman–Crippen MR) is 73.4 cm³/mol. The summed E-state index contributed by atoms with van der Waals surface area (Å²) in [6, 6.07) is 4.54. The highest BCUT2D eigenvalue weighted by Crippen LogP contribution is 2.23. The number of nitro benzene ring substituents is 1. The van der Waals surface area contributed by atoms with Crippen LogP contribution in [0.15, 0.2) is 18.2 Å². The largest absolute Gasteiger partial charge is 0.376 e. The molecule has 1 fully saturated rings. The van der Waals surface area contributed by atoms with E-state index in [1.807, 2.05) is 0 Å². The normalized spacial score (nSPS) is 19.3. The van der Waals surface area contributed by atoms with Crippen molar-refractivity contribution in [2.24, 2.45) is 5.92 Å². The van der Waals surface area contributed by atoms with Gasteiger partial charge in [-0.2, -0.15) is 0 Å². The second kappa shape index (κ2) is 6.84. The van der Waals surface area contributed by atoms with E-state index in [-0.39, 0.29) is 12.3 Å². The van der Waals surface area contributed by atoms with Crippen LogP contribution in [-0.2, 0) is 11.3 Å². The molecule has 0 radical (unpaired) electrons. The summed E-state index contributed by atoms with van der Waals surface area (Å²) in [7, 11) is 0. The molecule has 0 aromatic heterocycles. The number of nitro groups is 1. The predicted octanol–water partition coefficient (Wildman–Crippen LogP) is 2.76. The van der Waals surface area contributed by atoms with Crippen molar-refractivity contribution in [1.82, 2.24) is 5.32 Å². The van der Waals surface area contributed by atoms with Gasteiger partial charge in [-0.1, -0.05) is 11.6 Å². The van der Waals surface area contributed by atoms with Crippen LogP contribution in [0.5, 0.6) is 0 Å². The van der Waals surface area contributed by atoms with Crippen LogP contribution in [0.2, 0.25) is 5.02 Å². The Labute approximate surface area is 117 Å². The highest BCUT2D eigenvalue weighted by atomic mass is 35.5. The second-order valence-corrected chi connectivity index (χ2v) is 5.19. The van der Waals surface area contributed by atoms with Gasteiger partial charge in [-0.25, -0.2) is 0 Å². The van der Waals surface area contributed by atoms with Crippen molar-refractivity contribution in [3.05, 3.63) is 38.9 Å². The number of piperidine rings is 1. The molecule has 19 heavy (non-hydrogen) atoms. The third-order valence-electron chi connectivity index (χ3n) is 3.25. The minimum Gasteiger partial charge on any atom is -0.376 e. The van der Waals surface area contributed by atoms with Crippen molar-refractivity contribution >= 4 is 17.3 Å². The van der Waals surface area contributed by atoms with E-state index in [0.29, 0.717) is 23.1 Å². The van der Waals surface area contributed by atoms with Gasteiger partial charge in [0, 0.05) is 17.6 Å². The molecule has 1 atom stereocenters. The summed E-state index contributed by atoms with van der Waals surface area (Å²) in [5.74, 6) is 0.493. The first-order chi connectivity index (χ1) is 9.16. The van der Waals surface area contributed by atoms with Crippen LogP contribution in [0.4, 0.5) is 5.69 Å². The molecular weight excluding hydrogens is 268 g/mol. The SMILES string of the molecule is O=[N+]([O-])c1ccc(Cl)cc1COCC1CCCNC1. The molecule has 1 aromatic rings. The number of rotatable bonds is 5. The summed E-state index contributed by atoms with van der Waals surface area (Å²) >= 11 is 5.86. The fourth-order valence-corrected chi connectivity index (χ4v) is 2.44. The smallest absolute Gasteiger partial charge is 0.275 e. The van der Waals surface area contributed by atoms with Gasteiger partial charge in [0.05, 0.1) is 23.7 Å². The number of hydrogen-bond acceptors (Lipinski definition) is 4. The molecule has 1 aliphatic heterocycles. The quantitative estimate of drug-likeness (QED) is 0.667. The number of nitrogens with one attached hydrogen (secondary N) is 1. The van der Waals surface area contributed by atoms with E-state index < -0.39 is 4.92 Å². The number of halogens is 1. The molecule has 1 aromatic carbocycles. The summed E-state index contributed by atoms with van der Waals surface area (Å²) in [4.78, 5) is 10.5. The minimum atomic E-state index is -0.406. The molecule has 1 heterocycles. The lowest BCUT2D eigenvalue weighted by Crippen LogP contribution is -2.32. The molecule has 0 bridgehead atoms. The summed E-state index contributed by atoms with van der Waals surface area (Å²) in [5.41, 5.74) is 0.590. The lowest BCUT2D eigenvalue weighted by molar-refractivity contribution is -0.386. The summed E-state index contributed by atoms with van der Waals surface area (Å²) in [5, 5.41) is 14.7. The van der Waals surface area contributed by atoms with E-state index in [2.05, 4.69) is 5.32 Å². The van der Waals surface area contributed by atoms with E-state index in [1.165, 1.54) is 12.1 Å². The number of nitrogens with zero attached hydrogens (tertiary/aromatic N) is 1. The Morgan fingerprint density at radius 1 is 1.53 bits per heavy atom. The highest BCUT2D eigenvalue weighted by molar-refractivity contribution is 6.30. The Morgan fingerprint density at radius 3 is 3.05 bits per heavy atom. The molecule has 5 nitrogen and oxygen atoms in total. The van der Waals surface area contributed by atoms with E-state index in [1.54, 1.807) is 6.07 Å². The minimum absolute atomic E-state index is 0.0613. The molecule has 104 valence electrons. The molecule has 0 spiro atoms. The average molecular weight is 285 g/mol. The number of ether oxygens (including phenoxy) is 1. The Morgan fingerprint density at radius 2 is 2.37 bits per heavy atom. The lowest BCUT2D eigenvalue weighted by atomic mass is 10.0. The Hall–Kier alpha value is -1.17. The van der Waals surface area contributed by atoms with Gasteiger partial charge in [-0.15, -0.1) is 0 Å². The molecule has 0 aliphatic carbocycles. The first-order valence-electron chi connectivity index (χ1n) is 6.38. The Bertz CT molecular complexity index is 448. The Balaban J connectivity index is 1.91. The Kier molecular flexibility index (Phi) is 5.13. The van der Waals surface area contributed by atoms with Crippen LogP contribution in [0.3, 0.4) is 0 Å². The van der Waals surface area contributed by atoms with Crippen molar-refractivity contribution in [3.63, 3.8) is 0 Å². The second-order valence-electron chi connectivity index (χ2n) is 4.76. The van der Waals surface area contributed by atoms with Gasteiger partial charge in [0.2, 0.25) is 0 Å². The topological polar surface area (TPSA) is 64.4 Å². The zero-order valence-electron chi connectivity index (χ0n) is 10.6. The van der Waals surface area contributed by atoms with E-state index in [4.69, 9.17) is 16.3 Å². The lowest BCUT2D eigenvalue weighted by Gasteiger charge is -2.22. The molecule has 6 heteroatoms. The van der Waals surface area contributed by atoms with Crippen LogP contribution in [0.1, 0.15) is 18.4 Å². The molecular formula is C13H17ClN2O3. The zero-order valence-corrected chi connectivity index (χ0v) is 11.4. The third kappa shape index (κ3) is 4.16. The molecule has 0 saturated carbocycles. The van der Waals surface area contributed by atoms with E-state index >= 15 is 0 Å². The van der Waals surface area contributed by atoms with Gasteiger partial charge in [0.25, 0.3) is 5.69 Å². The molecule has 1 unspecified atom stereocenters. The monoisotopic (exact) mass is 284 g/mol. The molecule has 0 amide bonds. The van der Waals surface area contributed by atoms with Crippen molar-refractivity contribution in [2.45, 2.75) is 19.4 Å². The summed E-state index contributed by atoms with van der Waals surface area (Å²) in [6.45, 7) is 2.87. The van der Waals surface area contributed by atoms with Crippen molar-refractivity contribution in [2.75, 3.05) is 19.7 Å². The van der Waals surface area contributed by atoms with Gasteiger partial charge >= 0.3 is 0 Å². The van der Waals surface area contributed by atoms with Crippen LogP contribution >= 0.6 is 11.6 Å². The van der Waals surface area contributed by atoms with E-state index in [9.17, 15) is 10.1 Å². The first-order valence-corrected chi connectivity index (χ1v) is 6.76. The van der Waals surface area contributed by atoms with Crippen molar-refractivity contribution in [3.8, 4) is 0 Å². The maximum absolute atomic E-state index is 10.9. The molecule has 1 saturated heterocycles. The maximum atomic E-state index is 10.9. The highest BCUT2D eigenvalue weighted by Gasteiger charge is 2.16. The van der Waals surface area contributed by atoms with Crippen molar-refractivity contribution < 1.29 is 9.66 Å². The fraction of sp³-hybridized carbons (Fsp3) is 0.538. The van der Waals surface area contributed by atoms with Crippen LogP contribution in [-0.4, -0.2) is 24.6 Å². The van der Waals surface area contributed by atoms with Gasteiger partial charge in [-0.05, 0) is 37.4 Å².